The van der Waals surface area contributed by atoms with E-state index in [1.165, 1.54) is 0 Å². The van der Waals surface area contributed by atoms with Gasteiger partial charge < -0.3 is 15.0 Å². The molecule has 1 amide bonds. The predicted octanol–water partition coefficient (Wildman–Crippen LogP) is 4.95. The SMILES string of the molecule is Cc1ccc2nc(/C(C#N)=C\c3ccc(OCC(=O)Nc4ccccc4)cc3)[nH]c2c1. The number of hydrogen-bond acceptors (Lipinski definition) is 4. The quantitative estimate of drug-likeness (QED) is 0.442. The van der Waals surface area contributed by atoms with Gasteiger partial charge >= 0.3 is 0 Å². The highest BCUT2D eigenvalue weighted by Crippen LogP contribution is 2.21. The first-order valence-electron chi connectivity index (χ1n) is 9.77. The van der Waals surface area contributed by atoms with Crippen LogP contribution in [-0.2, 0) is 4.79 Å². The number of rotatable bonds is 6. The molecule has 0 aliphatic heterocycles. The van der Waals surface area contributed by atoms with Crippen molar-refractivity contribution in [2.75, 3.05) is 11.9 Å². The van der Waals surface area contributed by atoms with Crippen molar-refractivity contribution in [3.05, 3.63) is 89.7 Å². The Morgan fingerprint density at radius 2 is 1.90 bits per heavy atom. The Bertz CT molecular complexity index is 1280. The number of nitrogens with zero attached hydrogens (tertiary/aromatic N) is 2. The number of amides is 1. The minimum atomic E-state index is -0.234. The molecule has 6 heteroatoms. The van der Waals surface area contributed by atoms with Gasteiger partial charge in [0.1, 0.15) is 17.6 Å². The van der Waals surface area contributed by atoms with Crippen molar-refractivity contribution >= 4 is 34.3 Å². The summed E-state index contributed by atoms with van der Waals surface area (Å²) in [5.74, 6) is 0.862. The summed E-state index contributed by atoms with van der Waals surface area (Å²) >= 11 is 0. The number of nitrogens with one attached hydrogen (secondary N) is 2. The van der Waals surface area contributed by atoms with Gasteiger partial charge in [-0.3, -0.25) is 4.79 Å². The Morgan fingerprint density at radius 3 is 2.65 bits per heavy atom. The number of aromatic nitrogens is 2. The van der Waals surface area contributed by atoms with E-state index in [2.05, 4.69) is 21.4 Å². The molecule has 0 saturated carbocycles. The van der Waals surface area contributed by atoms with Crippen molar-refractivity contribution < 1.29 is 9.53 Å². The molecule has 6 nitrogen and oxygen atoms in total. The van der Waals surface area contributed by atoms with Gasteiger partial charge in [0.2, 0.25) is 0 Å². The van der Waals surface area contributed by atoms with E-state index >= 15 is 0 Å². The third kappa shape index (κ3) is 4.98. The number of nitriles is 1. The fourth-order valence-corrected chi connectivity index (χ4v) is 3.10. The number of aromatic amines is 1. The summed E-state index contributed by atoms with van der Waals surface area (Å²) in [5.41, 5.74) is 4.83. The highest BCUT2D eigenvalue weighted by Gasteiger charge is 2.09. The summed E-state index contributed by atoms with van der Waals surface area (Å²) in [6.07, 6.45) is 1.76. The smallest absolute Gasteiger partial charge is 0.262 e. The molecule has 0 fully saturated rings. The van der Waals surface area contributed by atoms with Gasteiger partial charge in [-0.15, -0.1) is 0 Å². The lowest BCUT2D eigenvalue weighted by Gasteiger charge is -2.07. The predicted molar refractivity (Wildman–Crippen MR) is 121 cm³/mol. The zero-order chi connectivity index (χ0) is 21.6. The maximum atomic E-state index is 12.0. The van der Waals surface area contributed by atoms with Crippen LogP contribution >= 0.6 is 0 Å². The molecular weight excluding hydrogens is 388 g/mol. The molecular formula is C25H20N4O2. The number of imidazole rings is 1. The third-order valence-corrected chi connectivity index (χ3v) is 4.63. The van der Waals surface area contributed by atoms with Gasteiger partial charge in [-0.25, -0.2) is 4.98 Å². The van der Waals surface area contributed by atoms with Crippen molar-refractivity contribution in [3.8, 4) is 11.8 Å². The Kier molecular flexibility index (Phi) is 5.77. The first-order chi connectivity index (χ1) is 15.1. The van der Waals surface area contributed by atoms with E-state index in [0.29, 0.717) is 17.1 Å². The molecule has 1 heterocycles. The van der Waals surface area contributed by atoms with Gasteiger partial charge in [0.15, 0.2) is 6.61 Å². The lowest BCUT2D eigenvalue weighted by Crippen LogP contribution is -2.20. The van der Waals surface area contributed by atoms with Crippen LogP contribution in [0.5, 0.6) is 5.75 Å². The summed E-state index contributed by atoms with van der Waals surface area (Å²) in [7, 11) is 0. The second kappa shape index (κ2) is 8.97. The van der Waals surface area contributed by atoms with Gasteiger partial charge in [0, 0.05) is 5.69 Å². The summed E-state index contributed by atoms with van der Waals surface area (Å²) in [6, 6.07) is 24.5. The number of anilines is 1. The number of carbonyl (C=O) groups excluding carboxylic acids is 1. The standard InChI is InChI=1S/C25H20N4O2/c1-17-7-12-22-23(13-17)29-25(28-22)19(15-26)14-18-8-10-21(11-9-18)31-16-24(30)27-20-5-3-2-4-6-20/h2-14H,16H2,1H3,(H,27,30)(H,28,29)/b19-14-. The molecule has 0 saturated heterocycles. The van der Waals surface area contributed by atoms with Crippen LogP contribution in [-0.4, -0.2) is 22.5 Å². The van der Waals surface area contributed by atoms with Crippen molar-refractivity contribution in [1.29, 1.82) is 5.26 Å². The molecule has 0 atom stereocenters. The van der Waals surface area contributed by atoms with Crippen LogP contribution in [0.2, 0.25) is 0 Å². The molecule has 0 aliphatic carbocycles. The molecule has 4 aromatic rings. The Hall–Kier alpha value is -4.37. The Balaban J connectivity index is 1.42. The molecule has 0 bridgehead atoms. The first kappa shape index (κ1) is 19.9. The van der Waals surface area contributed by atoms with E-state index in [9.17, 15) is 10.1 Å². The average molecular weight is 408 g/mol. The van der Waals surface area contributed by atoms with E-state index in [-0.39, 0.29) is 12.5 Å². The molecule has 3 aromatic carbocycles. The van der Waals surface area contributed by atoms with E-state index in [4.69, 9.17) is 4.74 Å². The molecule has 2 N–H and O–H groups in total. The van der Waals surface area contributed by atoms with Crippen LogP contribution in [0.1, 0.15) is 17.0 Å². The molecule has 0 radical (unpaired) electrons. The molecule has 31 heavy (non-hydrogen) atoms. The van der Waals surface area contributed by atoms with Crippen LogP contribution in [0.4, 0.5) is 5.69 Å². The Morgan fingerprint density at radius 1 is 1.13 bits per heavy atom. The maximum absolute atomic E-state index is 12.0. The topological polar surface area (TPSA) is 90.8 Å². The zero-order valence-corrected chi connectivity index (χ0v) is 16.9. The van der Waals surface area contributed by atoms with Crippen molar-refractivity contribution in [2.45, 2.75) is 6.92 Å². The fraction of sp³-hybridized carbons (Fsp3) is 0.0800. The number of allylic oxidation sites excluding steroid dienone is 1. The van der Waals surface area contributed by atoms with Crippen LogP contribution in [0, 0.1) is 18.3 Å². The number of hydrogen-bond donors (Lipinski definition) is 2. The molecule has 1 aromatic heterocycles. The fourth-order valence-electron chi connectivity index (χ4n) is 3.10. The molecule has 0 unspecified atom stereocenters. The first-order valence-corrected chi connectivity index (χ1v) is 9.77. The van der Waals surface area contributed by atoms with Crippen LogP contribution in [0.15, 0.2) is 72.8 Å². The van der Waals surface area contributed by atoms with E-state index < -0.39 is 0 Å². The highest BCUT2D eigenvalue weighted by molar-refractivity contribution is 5.92. The zero-order valence-electron chi connectivity index (χ0n) is 16.9. The Labute approximate surface area is 179 Å². The molecule has 152 valence electrons. The number of aryl methyl sites for hydroxylation is 1. The number of para-hydroxylation sites is 1. The van der Waals surface area contributed by atoms with Gasteiger partial charge in [0.05, 0.1) is 16.6 Å². The van der Waals surface area contributed by atoms with Crippen molar-refractivity contribution in [1.82, 2.24) is 9.97 Å². The number of ether oxygens (including phenoxy) is 1. The monoisotopic (exact) mass is 408 g/mol. The normalized spacial score (nSPS) is 11.2. The van der Waals surface area contributed by atoms with Gasteiger partial charge in [-0.05, 0) is 60.5 Å². The molecule has 0 spiro atoms. The van der Waals surface area contributed by atoms with Crippen LogP contribution in [0.25, 0.3) is 22.7 Å². The lowest BCUT2D eigenvalue weighted by atomic mass is 10.1. The van der Waals surface area contributed by atoms with E-state index in [1.54, 1.807) is 18.2 Å². The summed E-state index contributed by atoms with van der Waals surface area (Å²) in [6.45, 7) is 1.92. The summed E-state index contributed by atoms with van der Waals surface area (Å²) in [5, 5.41) is 12.4. The lowest BCUT2D eigenvalue weighted by molar-refractivity contribution is -0.118. The second-order valence-electron chi connectivity index (χ2n) is 7.05. The van der Waals surface area contributed by atoms with E-state index in [0.717, 1.165) is 27.8 Å². The average Bonchev–Trinajstić information content (AvgIpc) is 3.20. The van der Waals surface area contributed by atoms with Gasteiger partial charge in [-0.2, -0.15) is 5.26 Å². The number of carbonyl (C=O) groups is 1. The van der Waals surface area contributed by atoms with Crippen molar-refractivity contribution in [2.24, 2.45) is 0 Å². The minimum absolute atomic E-state index is 0.0913. The number of H-pyrrole nitrogens is 1. The maximum Gasteiger partial charge on any atom is 0.262 e. The largest absolute Gasteiger partial charge is 0.484 e. The summed E-state index contributed by atoms with van der Waals surface area (Å²) in [4.78, 5) is 19.7. The van der Waals surface area contributed by atoms with Gasteiger partial charge in [0.25, 0.3) is 5.91 Å². The number of benzene rings is 3. The van der Waals surface area contributed by atoms with E-state index in [1.807, 2.05) is 67.6 Å². The highest BCUT2D eigenvalue weighted by atomic mass is 16.5. The minimum Gasteiger partial charge on any atom is -0.484 e. The number of fused-ring (bicyclic) bond motifs is 1. The van der Waals surface area contributed by atoms with Crippen molar-refractivity contribution in [3.63, 3.8) is 0 Å². The van der Waals surface area contributed by atoms with Crippen LogP contribution in [0.3, 0.4) is 0 Å². The third-order valence-electron chi connectivity index (χ3n) is 4.63. The van der Waals surface area contributed by atoms with Crippen LogP contribution < -0.4 is 10.1 Å². The second-order valence-corrected chi connectivity index (χ2v) is 7.05. The summed E-state index contributed by atoms with van der Waals surface area (Å²) < 4.78 is 5.55. The molecule has 0 aliphatic rings. The van der Waals surface area contributed by atoms with Gasteiger partial charge in [-0.1, -0.05) is 36.4 Å². The molecule has 4 rings (SSSR count).